The van der Waals surface area contributed by atoms with Gasteiger partial charge in [-0.05, 0) is 62.4 Å². The molecule has 174 valence electrons. The number of benzene rings is 2. The van der Waals surface area contributed by atoms with Gasteiger partial charge in [0.15, 0.2) is 0 Å². The lowest BCUT2D eigenvalue weighted by molar-refractivity contribution is -0.134. The fourth-order valence-electron chi connectivity index (χ4n) is 3.85. The fraction of sp³-hybridized carbons (Fsp3) is 0.318. The zero-order valence-electron chi connectivity index (χ0n) is 18.0. The van der Waals surface area contributed by atoms with Gasteiger partial charge in [0.1, 0.15) is 17.9 Å². The van der Waals surface area contributed by atoms with Crippen molar-refractivity contribution in [2.45, 2.75) is 37.1 Å². The van der Waals surface area contributed by atoms with E-state index in [2.05, 4.69) is 15.4 Å². The van der Waals surface area contributed by atoms with Gasteiger partial charge in [0.25, 0.3) is 15.9 Å². The molecule has 2 aromatic rings. The minimum atomic E-state index is -4.15. The minimum Gasteiger partial charge on any atom is -0.324 e. The summed E-state index contributed by atoms with van der Waals surface area (Å²) in [5.41, 5.74) is -0.674. The zero-order valence-corrected chi connectivity index (χ0v) is 18.8. The predicted molar refractivity (Wildman–Crippen MR) is 118 cm³/mol. The van der Waals surface area contributed by atoms with Crippen LogP contribution in [0.2, 0.25) is 0 Å². The number of carbonyl (C=O) groups is 3. The van der Waals surface area contributed by atoms with E-state index in [1.54, 1.807) is 13.8 Å². The molecule has 1 aliphatic heterocycles. The van der Waals surface area contributed by atoms with Gasteiger partial charge < -0.3 is 10.6 Å². The molecule has 4 rings (SSSR count). The molecule has 1 aliphatic carbocycles. The van der Waals surface area contributed by atoms with E-state index in [0.29, 0.717) is 5.56 Å². The van der Waals surface area contributed by atoms with E-state index < -0.39 is 45.8 Å². The average molecular weight is 475 g/mol. The summed E-state index contributed by atoms with van der Waals surface area (Å²) in [5, 5.41) is 5.18. The van der Waals surface area contributed by atoms with Crippen LogP contribution in [-0.4, -0.2) is 43.2 Å². The van der Waals surface area contributed by atoms with Crippen molar-refractivity contribution in [3.8, 4) is 0 Å². The number of nitrogens with zero attached hydrogens (tertiary/aromatic N) is 1. The summed E-state index contributed by atoms with van der Waals surface area (Å²) in [6.45, 7) is 2.71. The summed E-state index contributed by atoms with van der Waals surface area (Å²) >= 11 is 0. The van der Waals surface area contributed by atoms with Crippen molar-refractivity contribution in [1.29, 1.82) is 0 Å². The lowest BCUT2D eigenvalue weighted by Crippen LogP contribution is -2.46. The zero-order chi connectivity index (χ0) is 24.0. The first kappa shape index (κ1) is 22.7. The standard InChI is InChI=1S/C22H23FN4O5S/c1-13-7-10-15(11-18(13)33(31,32)26-17-6-4-3-5-16(17)23)24-19(28)12-27-20(29)22(2,14-8-9-14)25-21(27)30/h3-7,10-11,14,26H,8-9,12H2,1-2H3,(H,24,28)(H,25,30)/t22-/m1/s1. The smallest absolute Gasteiger partial charge is 0.324 e. The number of nitrogens with one attached hydrogen (secondary N) is 3. The number of amides is 4. The van der Waals surface area contributed by atoms with Crippen LogP contribution in [0.4, 0.5) is 20.6 Å². The molecule has 2 aromatic carbocycles. The summed E-state index contributed by atoms with van der Waals surface area (Å²) < 4.78 is 41.7. The van der Waals surface area contributed by atoms with E-state index in [4.69, 9.17) is 0 Å². The number of imide groups is 1. The van der Waals surface area contributed by atoms with Crippen LogP contribution in [0.3, 0.4) is 0 Å². The number of hydrogen-bond donors (Lipinski definition) is 3. The Kier molecular flexibility index (Phi) is 5.61. The van der Waals surface area contributed by atoms with Crippen molar-refractivity contribution in [3.05, 3.63) is 53.8 Å². The van der Waals surface area contributed by atoms with Crippen molar-refractivity contribution in [2.75, 3.05) is 16.6 Å². The molecule has 3 N–H and O–H groups in total. The van der Waals surface area contributed by atoms with Crippen LogP contribution in [0, 0.1) is 18.7 Å². The van der Waals surface area contributed by atoms with Crippen LogP contribution in [0.25, 0.3) is 0 Å². The number of anilines is 2. The monoisotopic (exact) mass is 474 g/mol. The first-order valence-electron chi connectivity index (χ1n) is 10.3. The Hall–Kier alpha value is -3.47. The lowest BCUT2D eigenvalue weighted by atomic mass is 9.96. The molecular formula is C22H23FN4O5S. The molecule has 9 nitrogen and oxygen atoms in total. The van der Waals surface area contributed by atoms with Gasteiger partial charge in [0.05, 0.1) is 10.6 Å². The average Bonchev–Trinajstić information content (AvgIpc) is 3.57. The quantitative estimate of drug-likeness (QED) is 0.532. The van der Waals surface area contributed by atoms with E-state index in [-0.39, 0.29) is 22.2 Å². The van der Waals surface area contributed by atoms with Gasteiger partial charge in [-0.2, -0.15) is 0 Å². The molecular weight excluding hydrogens is 451 g/mol. The molecule has 1 heterocycles. The summed E-state index contributed by atoms with van der Waals surface area (Å²) in [6.07, 6.45) is 1.67. The predicted octanol–water partition coefficient (Wildman–Crippen LogP) is 2.59. The Labute approximate surface area is 190 Å². The maximum Gasteiger partial charge on any atom is 0.325 e. The highest BCUT2D eigenvalue weighted by Crippen LogP contribution is 2.42. The Bertz CT molecular complexity index is 1260. The Balaban J connectivity index is 1.49. The third-order valence-electron chi connectivity index (χ3n) is 5.88. The van der Waals surface area contributed by atoms with Gasteiger partial charge in [-0.1, -0.05) is 18.2 Å². The molecule has 0 unspecified atom stereocenters. The normalized spacial score (nSPS) is 20.5. The number of aryl methyl sites for hydroxylation is 1. The van der Waals surface area contributed by atoms with Gasteiger partial charge in [0.2, 0.25) is 5.91 Å². The lowest BCUT2D eigenvalue weighted by Gasteiger charge is -2.20. The van der Waals surface area contributed by atoms with Crippen LogP contribution in [0.5, 0.6) is 0 Å². The molecule has 1 saturated carbocycles. The second kappa shape index (κ2) is 8.14. The van der Waals surface area contributed by atoms with Crippen molar-refractivity contribution < 1.29 is 27.2 Å². The fourth-order valence-corrected chi connectivity index (χ4v) is 5.19. The molecule has 0 bridgehead atoms. The molecule has 1 atom stereocenters. The summed E-state index contributed by atoms with van der Waals surface area (Å²) in [5.74, 6) is -1.78. The molecule has 11 heteroatoms. The second-order valence-corrected chi connectivity index (χ2v) is 10.1. The van der Waals surface area contributed by atoms with E-state index in [1.807, 2.05) is 0 Å². The third kappa shape index (κ3) is 4.40. The van der Waals surface area contributed by atoms with E-state index in [0.717, 1.165) is 23.8 Å². The minimum absolute atomic E-state index is 0.0637. The van der Waals surface area contributed by atoms with Gasteiger partial charge >= 0.3 is 6.03 Å². The first-order valence-corrected chi connectivity index (χ1v) is 11.8. The molecule has 0 aromatic heterocycles. The molecule has 2 aliphatic rings. The van der Waals surface area contributed by atoms with Crippen LogP contribution in [0.1, 0.15) is 25.3 Å². The molecule has 0 radical (unpaired) electrons. The molecule has 1 saturated heterocycles. The van der Waals surface area contributed by atoms with E-state index in [9.17, 15) is 27.2 Å². The van der Waals surface area contributed by atoms with E-state index in [1.165, 1.54) is 36.4 Å². The number of halogens is 1. The van der Waals surface area contributed by atoms with Crippen molar-refractivity contribution in [1.82, 2.24) is 10.2 Å². The number of urea groups is 1. The van der Waals surface area contributed by atoms with Gasteiger partial charge in [0, 0.05) is 5.69 Å². The number of rotatable bonds is 7. The van der Waals surface area contributed by atoms with Crippen LogP contribution >= 0.6 is 0 Å². The SMILES string of the molecule is Cc1ccc(NC(=O)CN2C(=O)N[C@](C)(C3CC3)C2=O)cc1S(=O)(=O)Nc1ccccc1F. The molecule has 4 amide bonds. The highest BCUT2D eigenvalue weighted by molar-refractivity contribution is 7.92. The second-order valence-electron chi connectivity index (χ2n) is 8.41. The van der Waals surface area contributed by atoms with Crippen LogP contribution in [0.15, 0.2) is 47.4 Å². The first-order chi connectivity index (χ1) is 15.5. The van der Waals surface area contributed by atoms with Crippen molar-refractivity contribution in [2.24, 2.45) is 5.92 Å². The van der Waals surface area contributed by atoms with Gasteiger partial charge in [-0.3, -0.25) is 19.2 Å². The van der Waals surface area contributed by atoms with Crippen molar-refractivity contribution in [3.63, 3.8) is 0 Å². The van der Waals surface area contributed by atoms with Crippen LogP contribution < -0.4 is 15.4 Å². The Morgan fingerprint density at radius 3 is 2.58 bits per heavy atom. The highest BCUT2D eigenvalue weighted by Gasteiger charge is 2.56. The number of hydrogen-bond acceptors (Lipinski definition) is 5. The summed E-state index contributed by atoms with van der Waals surface area (Å²) in [6, 6.07) is 8.94. The maximum absolute atomic E-state index is 13.9. The highest BCUT2D eigenvalue weighted by atomic mass is 32.2. The number of para-hydroxylation sites is 1. The topological polar surface area (TPSA) is 125 Å². The van der Waals surface area contributed by atoms with E-state index >= 15 is 0 Å². The summed E-state index contributed by atoms with van der Waals surface area (Å²) in [4.78, 5) is 38.2. The summed E-state index contributed by atoms with van der Waals surface area (Å²) in [7, 11) is -4.15. The third-order valence-corrected chi connectivity index (χ3v) is 7.38. The number of carbonyl (C=O) groups excluding carboxylic acids is 3. The largest absolute Gasteiger partial charge is 0.325 e. The van der Waals surface area contributed by atoms with Gasteiger partial charge in [-0.15, -0.1) is 0 Å². The number of sulfonamides is 1. The molecule has 2 fully saturated rings. The van der Waals surface area contributed by atoms with Gasteiger partial charge in [-0.25, -0.2) is 17.6 Å². The molecule has 0 spiro atoms. The Morgan fingerprint density at radius 1 is 1.21 bits per heavy atom. The molecule has 33 heavy (non-hydrogen) atoms. The Morgan fingerprint density at radius 2 is 1.91 bits per heavy atom. The van der Waals surface area contributed by atoms with Crippen LogP contribution in [-0.2, 0) is 19.6 Å². The maximum atomic E-state index is 13.9. The van der Waals surface area contributed by atoms with Crippen molar-refractivity contribution >= 4 is 39.2 Å².